The van der Waals surface area contributed by atoms with E-state index in [4.69, 9.17) is 5.73 Å². The minimum absolute atomic E-state index is 0.0729. The molecule has 0 bridgehead atoms. The van der Waals surface area contributed by atoms with Gasteiger partial charge in [-0.3, -0.25) is 14.6 Å². The Kier molecular flexibility index (Phi) is 1.82. The van der Waals surface area contributed by atoms with Crippen LogP contribution in [-0.4, -0.2) is 10.9 Å². The van der Waals surface area contributed by atoms with Crippen molar-refractivity contribution in [3.8, 4) is 0 Å². The number of nitrogens with one attached hydrogen (secondary N) is 1. The molecule has 0 saturated heterocycles. The molecule has 6 nitrogen and oxygen atoms in total. The maximum absolute atomic E-state index is 10.9. The van der Waals surface area contributed by atoms with Gasteiger partial charge in [-0.05, 0) is 6.92 Å². The van der Waals surface area contributed by atoms with Gasteiger partial charge < -0.3 is 10.2 Å². The first-order chi connectivity index (χ1) is 5.52. The number of primary amides is 1. The smallest absolute Gasteiger partial charge is 0.414 e. The van der Waals surface area contributed by atoms with Gasteiger partial charge in [-0.15, -0.1) is 0 Å². The lowest BCUT2D eigenvalue weighted by Gasteiger charge is -1.95. The number of carbonyl (C=O) groups is 1. The zero-order valence-electron chi connectivity index (χ0n) is 6.21. The van der Waals surface area contributed by atoms with Gasteiger partial charge in [-0.1, -0.05) is 0 Å². The van der Waals surface area contributed by atoms with Gasteiger partial charge in [0.15, 0.2) is 0 Å². The highest BCUT2D eigenvalue weighted by Gasteiger charge is 2.12. The van der Waals surface area contributed by atoms with E-state index in [1.54, 1.807) is 4.98 Å². The number of H-pyrrole nitrogens is 1. The van der Waals surface area contributed by atoms with Gasteiger partial charge in [0.2, 0.25) is 0 Å². The van der Waals surface area contributed by atoms with Crippen molar-refractivity contribution >= 4 is 5.91 Å². The largest absolute Gasteiger partial charge is 0.419 e. The third-order valence-corrected chi connectivity index (χ3v) is 1.29. The molecule has 0 aliphatic carbocycles. The van der Waals surface area contributed by atoms with E-state index in [9.17, 15) is 14.4 Å². The van der Waals surface area contributed by atoms with Crippen LogP contribution >= 0.6 is 0 Å². The summed E-state index contributed by atoms with van der Waals surface area (Å²) in [5, 5.41) is 0. The molecule has 0 spiro atoms. The van der Waals surface area contributed by atoms with Crippen LogP contribution in [0.1, 0.15) is 16.1 Å². The molecule has 3 N–H and O–H groups in total. The Morgan fingerprint density at radius 1 is 1.50 bits per heavy atom. The molecule has 0 radical (unpaired) electrons. The van der Waals surface area contributed by atoms with Crippen LogP contribution in [0.25, 0.3) is 0 Å². The standard InChI is InChI=1S/C6H6N2O4/c1-2-3(4(7)9)5(10)8-6(11)12-2/h1H3,(H2,7,9)(H,8,10,11). The van der Waals surface area contributed by atoms with Gasteiger partial charge in [0.25, 0.3) is 11.5 Å². The summed E-state index contributed by atoms with van der Waals surface area (Å²) >= 11 is 0. The van der Waals surface area contributed by atoms with Gasteiger partial charge in [-0.2, -0.15) is 0 Å². The fraction of sp³-hybridized carbons (Fsp3) is 0.167. The number of aromatic amines is 1. The van der Waals surface area contributed by atoms with Gasteiger partial charge in [0.05, 0.1) is 0 Å². The van der Waals surface area contributed by atoms with Crippen molar-refractivity contribution in [1.29, 1.82) is 0 Å². The van der Waals surface area contributed by atoms with Gasteiger partial charge in [0, 0.05) is 0 Å². The highest BCUT2D eigenvalue weighted by Crippen LogP contribution is 1.94. The molecule has 0 saturated carbocycles. The Balaban J connectivity index is 3.60. The van der Waals surface area contributed by atoms with Crippen LogP contribution < -0.4 is 17.0 Å². The first-order valence-corrected chi connectivity index (χ1v) is 3.06. The molecule has 6 heteroatoms. The summed E-state index contributed by atoms with van der Waals surface area (Å²) in [6.07, 6.45) is 0. The zero-order chi connectivity index (χ0) is 9.30. The van der Waals surface area contributed by atoms with Crippen LogP contribution in [0.15, 0.2) is 14.0 Å². The van der Waals surface area contributed by atoms with Crippen molar-refractivity contribution in [2.24, 2.45) is 5.73 Å². The van der Waals surface area contributed by atoms with E-state index in [1.807, 2.05) is 0 Å². The van der Waals surface area contributed by atoms with Crippen molar-refractivity contribution in [2.45, 2.75) is 6.92 Å². The molecule has 0 aromatic carbocycles. The molecule has 1 aromatic heterocycles. The highest BCUT2D eigenvalue weighted by molar-refractivity contribution is 5.93. The molecule has 64 valence electrons. The molecule has 0 aliphatic rings. The quantitative estimate of drug-likeness (QED) is 0.548. The molecule has 12 heavy (non-hydrogen) atoms. The Bertz CT molecular complexity index is 428. The number of aromatic nitrogens is 1. The average molecular weight is 170 g/mol. The fourth-order valence-corrected chi connectivity index (χ4v) is 0.816. The summed E-state index contributed by atoms with van der Waals surface area (Å²) in [7, 11) is 0. The van der Waals surface area contributed by atoms with Crippen molar-refractivity contribution in [1.82, 2.24) is 4.98 Å². The number of hydrogen-bond donors (Lipinski definition) is 2. The number of carbonyl (C=O) groups excluding carboxylic acids is 1. The minimum atomic E-state index is -0.919. The summed E-state index contributed by atoms with van der Waals surface area (Å²) in [6, 6.07) is 0. The lowest BCUT2D eigenvalue weighted by molar-refractivity contribution is 0.0995. The Morgan fingerprint density at radius 2 is 2.08 bits per heavy atom. The SMILES string of the molecule is Cc1oc(=O)[nH]c(=O)c1C(N)=O. The number of amides is 1. The van der Waals surface area contributed by atoms with Gasteiger partial charge in [0.1, 0.15) is 11.3 Å². The highest BCUT2D eigenvalue weighted by atomic mass is 16.4. The molecule has 0 aliphatic heterocycles. The normalized spacial score (nSPS) is 9.75. The molecule has 0 atom stereocenters. The molecule has 1 heterocycles. The van der Waals surface area contributed by atoms with E-state index in [-0.39, 0.29) is 11.3 Å². The zero-order valence-corrected chi connectivity index (χ0v) is 6.21. The third-order valence-electron chi connectivity index (χ3n) is 1.29. The van der Waals surface area contributed by atoms with Crippen LogP contribution in [0.5, 0.6) is 0 Å². The maximum Gasteiger partial charge on any atom is 0.419 e. The van der Waals surface area contributed by atoms with E-state index >= 15 is 0 Å². The van der Waals surface area contributed by atoms with Crippen molar-refractivity contribution in [2.75, 3.05) is 0 Å². The number of hydrogen-bond acceptors (Lipinski definition) is 4. The molecule has 1 aromatic rings. The van der Waals surface area contributed by atoms with E-state index in [1.165, 1.54) is 6.92 Å². The second-order valence-corrected chi connectivity index (χ2v) is 2.14. The average Bonchev–Trinajstić information content (AvgIpc) is 1.82. The van der Waals surface area contributed by atoms with Gasteiger partial charge >= 0.3 is 5.76 Å². The predicted octanol–water partition coefficient (Wildman–Crippen LogP) is -1.26. The number of rotatable bonds is 1. The molecular formula is C6H6N2O4. The van der Waals surface area contributed by atoms with E-state index < -0.39 is 17.2 Å². The molecule has 1 rings (SSSR count). The van der Waals surface area contributed by atoms with Crippen LogP contribution in [0.2, 0.25) is 0 Å². The topological polar surface area (TPSA) is 106 Å². The Morgan fingerprint density at radius 3 is 2.50 bits per heavy atom. The summed E-state index contributed by atoms with van der Waals surface area (Å²) in [5.41, 5.74) is 3.70. The second-order valence-electron chi connectivity index (χ2n) is 2.14. The van der Waals surface area contributed by atoms with Crippen LogP contribution in [0, 0.1) is 6.92 Å². The van der Waals surface area contributed by atoms with Crippen molar-refractivity contribution < 1.29 is 9.21 Å². The van der Waals surface area contributed by atoms with Crippen LogP contribution in [-0.2, 0) is 0 Å². The molecule has 0 unspecified atom stereocenters. The monoisotopic (exact) mass is 170 g/mol. The number of nitrogens with two attached hydrogens (primary N) is 1. The minimum Gasteiger partial charge on any atom is -0.414 e. The Labute approximate surface area is 66.0 Å². The fourth-order valence-electron chi connectivity index (χ4n) is 0.816. The van der Waals surface area contributed by atoms with E-state index in [0.29, 0.717) is 0 Å². The van der Waals surface area contributed by atoms with Gasteiger partial charge in [-0.25, -0.2) is 4.79 Å². The molecule has 0 fully saturated rings. The third kappa shape index (κ3) is 1.26. The summed E-state index contributed by atoms with van der Waals surface area (Å²) < 4.78 is 4.44. The van der Waals surface area contributed by atoms with E-state index in [0.717, 1.165) is 0 Å². The summed E-state index contributed by atoms with van der Waals surface area (Å²) in [6.45, 7) is 1.32. The predicted molar refractivity (Wildman–Crippen MR) is 38.9 cm³/mol. The lowest BCUT2D eigenvalue weighted by Crippen LogP contribution is -2.29. The van der Waals surface area contributed by atoms with E-state index in [2.05, 4.69) is 4.42 Å². The summed E-state index contributed by atoms with van der Waals surface area (Å²) in [4.78, 5) is 33.8. The molecule has 1 amide bonds. The maximum atomic E-state index is 10.9. The lowest BCUT2D eigenvalue weighted by atomic mass is 10.2. The molecular weight excluding hydrogens is 164 g/mol. The van der Waals surface area contributed by atoms with Crippen LogP contribution in [0.3, 0.4) is 0 Å². The second kappa shape index (κ2) is 2.65. The van der Waals surface area contributed by atoms with Crippen molar-refractivity contribution in [3.05, 3.63) is 32.2 Å². The summed E-state index contributed by atoms with van der Waals surface area (Å²) in [5.74, 6) is -1.89. The van der Waals surface area contributed by atoms with Crippen molar-refractivity contribution in [3.63, 3.8) is 0 Å². The number of aryl methyl sites for hydroxylation is 1. The van der Waals surface area contributed by atoms with Crippen LogP contribution in [0.4, 0.5) is 0 Å². The Hall–Kier alpha value is -1.85. The first kappa shape index (κ1) is 8.25. The first-order valence-electron chi connectivity index (χ1n) is 3.06.